The Morgan fingerprint density at radius 2 is 1.85 bits per heavy atom. The maximum atomic E-state index is 3.68. The molecule has 0 bridgehead atoms. The Morgan fingerprint density at radius 3 is 2.45 bits per heavy atom. The number of rotatable bonds is 5. The average Bonchev–Trinajstić information content (AvgIpc) is 3.34. The van der Waals surface area contributed by atoms with Crippen molar-refractivity contribution in [2.75, 3.05) is 42.5 Å². The summed E-state index contributed by atoms with van der Waals surface area (Å²) in [5, 5.41) is 3.68. The molecule has 0 aromatic heterocycles. The highest BCUT2D eigenvalue weighted by Crippen LogP contribution is 2.34. The summed E-state index contributed by atoms with van der Waals surface area (Å²) in [6.45, 7) is 10.0. The van der Waals surface area contributed by atoms with Gasteiger partial charge < -0.3 is 15.1 Å². The standard InChI is InChI=1S/C17H27N3/c1-3-19(4-2)15-7-9-16(10-8-15)20-12-11-18-17(13-20)14-5-6-14/h7-10,14,17-18H,3-6,11-13H2,1-2H3. The van der Waals surface area contributed by atoms with E-state index in [4.69, 9.17) is 0 Å². The molecule has 0 amide bonds. The van der Waals surface area contributed by atoms with E-state index in [9.17, 15) is 0 Å². The molecule has 0 spiro atoms. The van der Waals surface area contributed by atoms with E-state index in [2.05, 4.69) is 53.2 Å². The molecule has 3 nitrogen and oxygen atoms in total. The van der Waals surface area contributed by atoms with Crippen LogP contribution in [0, 0.1) is 5.92 Å². The summed E-state index contributed by atoms with van der Waals surface area (Å²) in [4.78, 5) is 4.94. The fourth-order valence-corrected chi connectivity index (χ4v) is 3.29. The summed E-state index contributed by atoms with van der Waals surface area (Å²) in [6, 6.07) is 9.85. The van der Waals surface area contributed by atoms with E-state index in [0.29, 0.717) is 6.04 Å². The summed E-state index contributed by atoms with van der Waals surface area (Å²) in [7, 11) is 0. The van der Waals surface area contributed by atoms with E-state index in [1.165, 1.54) is 30.8 Å². The molecule has 1 aliphatic heterocycles. The van der Waals surface area contributed by atoms with Gasteiger partial charge in [0.2, 0.25) is 0 Å². The van der Waals surface area contributed by atoms with Gasteiger partial charge in [-0.2, -0.15) is 0 Å². The zero-order chi connectivity index (χ0) is 13.9. The van der Waals surface area contributed by atoms with Crippen molar-refractivity contribution in [3.05, 3.63) is 24.3 Å². The van der Waals surface area contributed by atoms with Crippen molar-refractivity contribution in [2.24, 2.45) is 5.92 Å². The van der Waals surface area contributed by atoms with Crippen LogP contribution in [0.2, 0.25) is 0 Å². The van der Waals surface area contributed by atoms with Crippen molar-refractivity contribution in [3.63, 3.8) is 0 Å². The minimum atomic E-state index is 0.714. The third-order valence-corrected chi connectivity index (χ3v) is 4.74. The first-order chi connectivity index (χ1) is 9.81. The van der Waals surface area contributed by atoms with Crippen LogP contribution in [0.4, 0.5) is 11.4 Å². The van der Waals surface area contributed by atoms with Gasteiger partial charge in [0, 0.05) is 50.1 Å². The number of benzene rings is 1. The molecule has 1 unspecified atom stereocenters. The van der Waals surface area contributed by atoms with E-state index >= 15 is 0 Å². The monoisotopic (exact) mass is 273 g/mol. The number of hydrogen-bond donors (Lipinski definition) is 1. The topological polar surface area (TPSA) is 18.5 Å². The van der Waals surface area contributed by atoms with Crippen LogP contribution in [0.5, 0.6) is 0 Å². The van der Waals surface area contributed by atoms with E-state index in [1.807, 2.05) is 0 Å². The molecule has 0 radical (unpaired) electrons. The largest absolute Gasteiger partial charge is 0.372 e. The molecule has 3 rings (SSSR count). The first-order valence-electron chi connectivity index (χ1n) is 8.15. The van der Waals surface area contributed by atoms with E-state index in [0.717, 1.165) is 32.1 Å². The highest BCUT2D eigenvalue weighted by atomic mass is 15.2. The lowest BCUT2D eigenvalue weighted by Gasteiger charge is -2.35. The van der Waals surface area contributed by atoms with Gasteiger partial charge in [-0.25, -0.2) is 0 Å². The zero-order valence-electron chi connectivity index (χ0n) is 12.8. The van der Waals surface area contributed by atoms with Crippen molar-refractivity contribution in [3.8, 4) is 0 Å². The van der Waals surface area contributed by atoms with Crippen molar-refractivity contribution < 1.29 is 0 Å². The van der Waals surface area contributed by atoms with Crippen molar-refractivity contribution >= 4 is 11.4 Å². The average molecular weight is 273 g/mol. The van der Waals surface area contributed by atoms with Gasteiger partial charge in [0.15, 0.2) is 0 Å². The molecular formula is C17H27N3. The van der Waals surface area contributed by atoms with Gasteiger partial charge in [0.1, 0.15) is 0 Å². The fourth-order valence-electron chi connectivity index (χ4n) is 3.29. The highest BCUT2D eigenvalue weighted by molar-refractivity contribution is 5.56. The van der Waals surface area contributed by atoms with E-state index in [1.54, 1.807) is 0 Å². The molecule has 3 heteroatoms. The van der Waals surface area contributed by atoms with E-state index < -0.39 is 0 Å². The second-order valence-corrected chi connectivity index (χ2v) is 6.03. The number of hydrogen-bond acceptors (Lipinski definition) is 3. The first kappa shape index (κ1) is 13.7. The van der Waals surface area contributed by atoms with Gasteiger partial charge in [-0.15, -0.1) is 0 Å². The van der Waals surface area contributed by atoms with Gasteiger partial charge >= 0.3 is 0 Å². The number of nitrogens with zero attached hydrogens (tertiary/aromatic N) is 2. The summed E-state index contributed by atoms with van der Waals surface area (Å²) in [5.41, 5.74) is 2.72. The van der Waals surface area contributed by atoms with Crippen molar-refractivity contribution in [1.82, 2.24) is 5.32 Å². The Morgan fingerprint density at radius 1 is 1.15 bits per heavy atom. The normalized spacial score (nSPS) is 22.9. The van der Waals surface area contributed by atoms with Crippen LogP contribution in [0.3, 0.4) is 0 Å². The molecular weight excluding hydrogens is 246 g/mol. The molecule has 1 aromatic carbocycles. The number of anilines is 2. The lowest BCUT2D eigenvalue weighted by molar-refractivity contribution is 0.419. The minimum Gasteiger partial charge on any atom is -0.372 e. The van der Waals surface area contributed by atoms with Crippen molar-refractivity contribution in [1.29, 1.82) is 0 Å². The molecule has 1 saturated carbocycles. The summed E-state index contributed by atoms with van der Waals surface area (Å²) >= 11 is 0. The van der Waals surface area contributed by atoms with Crippen LogP contribution in [0.1, 0.15) is 26.7 Å². The van der Waals surface area contributed by atoms with Gasteiger partial charge in [0.25, 0.3) is 0 Å². The fraction of sp³-hybridized carbons (Fsp3) is 0.647. The third kappa shape index (κ3) is 2.93. The Hall–Kier alpha value is -1.22. The molecule has 20 heavy (non-hydrogen) atoms. The maximum Gasteiger partial charge on any atom is 0.0368 e. The van der Waals surface area contributed by atoms with Crippen LogP contribution in [0.15, 0.2) is 24.3 Å². The maximum absolute atomic E-state index is 3.68. The second kappa shape index (κ2) is 6.04. The van der Waals surface area contributed by atoms with Gasteiger partial charge in [-0.3, -0.25) is 0 Å². The molecule has 110 valence electrons. The lowest BCUT2D eigenvalue weighted by Crippen LogP contribution is -2.51. The minimum absolute atomic E-state index is 0.714. The Balaban J connectivity index is 1.67. The Bertz CT molecular complexity index is 420. The molecule has 1 aromatic rings. The van der Waals surface area contributed by atoms with E-state index in [-0.39, 0.29) is 0 Å². The van der Waals surface area contributed by atoms with Crippen molar-refractivity contribution in [2.45, 2.75) is 32.7 Å². The molecule has 1 heterocycles. The number of nitrogens with one attached hydrogen (secondary N) is 1. The Labute approximate surface area is 123 Å². The SMILES string of the molecule is CCN(CC)c1ccc(N2CCNC(C3CC3)C2)cc1. The molecule has 2 fully saturated rings. The van der Waals surface area contributed by atoms with Crippen LogP contribution < -0.4 is 15.1 Å². The molecule has 2 aliphatic rings. The van der Waals surface area contributed by atoms with Crippen LogP contribution in [-0.2, 0) is 0 Å². The summed E-state index contributed by atoms with van der Waals surface area (Å²) in [6.07, 6.45) is 2.85. The summed E-state index contributed by atoms with van der Waals surface area (Å²) < 4.78 is 0. The van der Waals surface area contributed by atoms with Gasteiger partial charge in [-0.05, 0) is 56.9 Å². The quantitative estimate of drug-likeness (QED) is 0.890. The zero-order valence-corrected chi connectivity index (χ0v) is 12.8. The van der Waals surface area contributed by atoms with Gasteiger partial charge in [0.05, 0.1) is 0 Å². The lowest BCUT2D eigenvalue weighted by atomic mass is 10.1. The molecule has 1 atom stereocenters. The van der Waals surface area contributed by atoms with Crippen LogP contribution in [0.25, 0.3) is 0 Å². The highest BCUT2D eigenvalue weighted by Gasteiger charge is 2.33. The molecule has 1 aliphatic carbocycles. The Kier molecular flexibility index (Phi) is 4.16. The predicted molar refractivity (Wildman–Crippen MR) is 86.7 cm³/mol. The first-order valence-corrected chi connectivity index (χ1v) is 8.15. The smallest absolute Gasteiger partial charge is 0.0368 e. The second-order valence-electron chi connectivity index (χ2n) is 6.03. The van der Waals surface area contributed by atoms with Gasteiger partial charge in [-0.1, -0.05) is 0 Å². The van der Waals surface area contributed by atoms with Crippen LogP contribution in [-0.4, -0.2) is 38.8 Å². The van der Waals surface area contributed by atoms with Crippen LogP contribution >= 0.6 is 0 Å². The third-order valence-electron chi connectivity index (χ3n) is 4.74. The molecule has 1 saturated heterocycles. The summed E-state index contributed by atoms with van der Waals surface area (Å²) in [5.74, 6) is 0.938. The molecule has 1 N–H and O–H groups in total. The predicted octanol–water partition coefficient (Wildman–Crippen LogP) is 2.72. The number of piperazine rings is 1.